The largest absolute Gasteiger partial charge is 0.481 e. The molecule has 8 atom stereocenters. The van der Waals surface area contributed by atoms with E-state index in [1.54, 1.807) is 80.5 Å². The number of aliphatic carboxylic acids is 1. The lowest BCUT2D eigenvalue weighted by molar-refractivity contribution is -0.154. The SMILES string of the molecule is CC(=O)O[C@H](C)c1nc2cc(/C=C/C(C)(C)C(=O)N[C@H](C(=O)N[C@@H](C)C(=O)N3CCC[C@@H](C(=O)OCC(Cl)(Cl)Cl)N3)C(C)C)ccc2cc1C.CC(=O)O[C@H](C)c1nc2cc(/C=C/C(C)(C)C(=O)O)ccc2cc1C.CC(C)[C@H](N)C(=O)N[C@@H](C)C(=O)N1CCC[C@@H](C(=O)OCC(Cl)(Cl)Cl)N1. The molecule has 2 aromatic carbocycles. The fourth-order valence-corrected chi connectivity index (χ4v) is 10.4. The molecule has 2 saturated heterocycles. The van der Waals surface area contributed by atoms with Crippen LogP contribution in [0.4, 0.5) is 0 Å². The second kappa shape index (κ2) is 38.0. The van der Waals surface area contributed by atoms with E-state index < -0.39 is 109 Å². The number of benzene rings is 2. The Morgan fingerprint density at radius 1 is 0.594 bits per heavy atom. The molecule has 2 aromatic heterocycles. The number of carboxylic acid groups (broad SMARTS) is 1. The van der Waals surface area contributed by atoms with Crippen LogP contribution in [0.5, 0.6) is 0 Å². The molecule has 31 heteroatoms. The molecule has 4 heterocycles. The monoisotopic (exact) mass is 1520 g/mol. The standard InChI is InChI=1S/C35H46Cl3N5O7.C20H23NO4.C15H25Cl3N4O4/c1-19(2)28(30(45)39-21(4)31(46)43-15-9-10-26(42-43)32(47)49-18-35(36,37)38)41-33(48)34(7,8)14-13-24-11-12-25-16-20(3)29(40-27(25)17-24)22(5)50-23(6)44;1-12-10-16-7-6-15(8-9-20(4,5)19(23)24)11-17(16)21-18(12)13(2)25-14(3)22;1-8(2)11(19)12(23)20-9(3)13(24)22-6-4-5-10(21-22)14(25)26-7-15(16,17)18/h11-14,16-17,19,21-22,26,28,42H,9-10,15,18H2,1-8H3,(H,39,45)(H,41,48);6-11,13H,1-5H3,(H,23,24);8-11,21H,4-7,19H2,1-3H3,(H,20,23)/b14-13+;9-8+;/t21-,22+,26-,28-;13-;9-,10-,11-/m010/s1. The summed E-state index contributed by atoms with van der Waals surface area (Å²) in [6, 6.07) is 10.5. The zero-order chi connectivity index (χ0) is 76.4. The Balaban J connectivity index is 0.000000355. The van der Waals surface area contributed by atoms with Crippen LogP contribution in [-0.2, 0) is 66.9 Å². The lowest BCUT2D eigenvalue weighted by atomic mass is 9.89. The van der Waals surface area contributed by atoms with Crippen molar-refractivity contribution in [3.8, 4) is 0 Å². The molecular formula is C70H94Cl6N10O15. The van der Waals surface area contributed by atoms with Crippen molar-refractivity contribution in [3.63, 3.8) is 0 Å². The summed E-state index contributed by atoms with van der Waals surface area (Å²) in [4.78, 5) is 132. The molecule has 0 bridgehead atoms. The number of carbonyl (C=O) groups excluding carboxylic acids is 9. The van der Waals surface area contributed by atoms with Crippen LogP contribution in [0, 0.1) is 36.5 Å². The maximum atomic E-state index is 13.5. The van der Waals surface area contributed by atoms with Crippen LogP contribution in [0.2, 0.25) is 0 Å². The van der Waals surface area contributed by atoms with Gasteiger partial charge in [-0.2, -0.15) is 0 Å². The van der Waals surface area contributed by atoms with E-state index >= 15 is 0 Å². The van der Waals surface area contributed by atoms with E-state index in [2.05, 4.69) is 31.8 Å². The molecule has 0 unspecified atom stereocenters. The lowest BCUT2D eigenvalue weighted by Crippen LogP contribution is -2.61. The van der Waals surface area contributed by atoms with Gasteiger partial charge >= 0.3 is 29.8 Å². The minimum atomic E-state index is -1.76. The number of amides is 5. The van der Waals surface area contributed by atoms with Gasteiger partial charge in [0, 0.05) is 37.7 Å². The number of fused-ring (bicyclic) bond motifs is 2. The van der Waals surface area contributed by atoms with Gasteiger partial charge in [-0.25, -0.2) is 20.8 Å². The number of esters is 4. The molecule has 101 heavy (non-hydrogen) atoms. The highest BCUT2D eigenvalue weighted by Crippen LogP contribution is 2.31. The van der Waals surface area contributed by atoms with Gasteiger partial charge in [-0.05, 0) is 153 Å². The number of hydrogen-bond acceptors (Lipinski definition) is 19. The first kappa shape index (κ1) is 86.5. The highest BCUT2D eigenvalue weighted by atomic mass is 35.6. The van der Waals surface area contributed by atoms with Gasteiger partial charge in [0.15, 0.2) is 0 Å². The number of pyridine rings is 2. The van der Waals surface area contributed by atoms with Crippen LogP contribution in [-0.4, -0.2) is 155 Å². The number of ether oxygens (including phenoxy) is 4. The normalized spacial score (nSPS) is 17.1. The number of alkyl halides is 6. The number of nitrogens with two attached hydrogens (primary N) is 1. The van der Waals surface area contributed by atoms with Crippen molar-refractivity contribution in [2.24, 2.45) is 28.4 Å². The van der Waals surface area contributed by atoms with Gasteiger partial charge in [0.05, 0.1) is 39.3 Å². The van der Waals surface area contributed by atoms with Gasteiger partial charge in [0.2, 0.25) is 25.3 Å². The first-order chi connectivity index (χ1) is 46.7. The van der Waals surface area contributed by atoms with Crippen LogP contribution in [0.25, 0.3) is 34.0 Å². The summed E-state index contributed by atoms with van der Waals surface area (Å²) in [5, 5.41) is 21.8. The Morgan fingerprint density at radius 2 is 0.980 bits per heavy atom. The number of aryl methyl sites for hydroxylation is 2. The first-order valence-electron chi connectivity index (χ1n) is 32.8. The van der Waals surface area contributed by atoms with Gasteiger partial charge in [-0.1, -0.05) is 146 Å². The van der Waals surface area contributed by atoms with Crippen molar-refractivity contribution in [2.45, 2.75) is 193 Å². The van der Waals surface area contributed by atoms with E-state index in [0.717, 1.165) is 44.2 Å². The number of nitrogens with zero attached hydrogens (tertiary/aromatic N) is 4. The summed E-state index contributed by atoms with van der Waals surface area (Å²) in [7, 11) is 0. The topological polar surface area (TPSA) is 346 Å². The predicted molar refractivity (Wildman–Crippen MR) is 390 cm³/mol. The molecule has 6 rings (SSSR count). The first-order valence-corrected chi connectivity index (χ1v) is 35.1. The number of hydrazine groups is 2. The maximum absolute atomic E-state index is 13.5. The minimum absolute atomic E-state index is 0.0533. The highest BCUT2D eigenvalue weighted by Gasteiger charge is 2.38. The predicted octanol–water partition coefficient (Wildman–Crippen LogP) is 10.4. The third-order valence-corrected chi connectivity index (χ3v) is 16.7. The molecule has 25 nitrogen and oxygen atoms in total. The van der Waals surface area contributed by atoms with Gasteiger partial charge < -0.3 is 45.7 Å². The molecule has 4 aromatic rings. The maximum Gasteiger partial charge on any atom is 0.325 e. The van der Waals surface area contributed by atoms with Crippen molar-refractivity contribution in [3.05, 3.63) is 94.3 Å². The molecule has 2 aliphatic heterocycles. The number of aromatic nitrogens is 2. The second-order valence-corrected chi connectivity index (χ2v) is 31.7. The van der Waals surface area contributed by atoms with Crippen molar-refractivity contribution in [2.75, 3.05) is 26.3 Å². The van der Waals surface area contributed by atoms with Crippen molar-refractivity contribution in [1.82, 2.24) is 46.8 Å². The fourth-order valence-electron chi connectivity index (χ4n) is 10.1. The van der Waals surface area contributed by atoms with E-state index in [9.17, 15) is 53.1 Å². The summed E-state index contributed by atoms with van der Waals surface area (Å²) in [5.41, 5.74) is 15.8. The Morgan fingerprint density at radius 3 is 1.34 bits per heavy atom. The number of rotatable bonds is 23. The van der Waals surface area contributed by atoms with Crippen molar-refractivity contribution in [1.29, 1.82) is 0 Å². The number of carbonyl (C=O) groups is 10. The summed E-state index contributed by atoms with van der Waals surface area (Å²) in [5.74, 6) is -5.43. The molecule has 8 N–H and O–H groups in total. The van der Waals surface area contributed by atoms with Gasteiger partial charge in [0.1, 0.15) is 55.6 Å². The Bertz CT molecular complexity index is 3710. The Labute approximate surface area is 619 Å². The van der Waals surface area contributed by atoms with Gasteiger partial charge in [0.25, 0.3) is 11.8 Å². The molecule has 0 radical (unpaired) electrons. The number of nitrogens with one attached hydrogen (secondary N) is 5. The summed E-state index contributed by atoms with van der Waals surface area (Å²) < 4.78 is 17.1. The van der Waals surface area contributed by atoms with E-state index in [0.29, 0.717) is 50.0 Å². The third-order valence-electron chi connectivity index (χ3n) is 16.1. The Kier molecular flexibility index (Phi) is 32.5. The van der Waals surface area contributed by atoms with E-state index in [4.69, 9.17) is 99.3 Å². The summed E-state index contributed by atoms with van der Waals surface area (Å²) in [6.45, 7) is 27.1. The quantitative estimate of drug-likeness (QED) is 0.0206. The number of halogens is 6. The van der Waals surface area contributed by atoms with E-state index in [-0.39, 0.29) is 42.2 Å². The van der Waals surface area contributed by atoms with Gasteiger partial charge in [-0.15, -0.1) is 0 Å². The average molecular weight is 1530 g/mol. The summed E-state index contributed by atoms with van der Waals surface area (Å²) >= 11 is 33.6. The lowest BCUT2D eigenvalue weighted by Gasteiger charge is -2.35. The van der Waals surface area contributed by atoms with Crippen LogP contribution in [0.1, 0.15) is 168 Å². The van der Waals surface area contributed by atoms with Crippen LogP contribution in [0.3, 0.4) is 0 Å². The molecule has 0 saturated carbocycles. The molecule has 5 amide bonds. The molecule has 2 aliphatic rings. The molecule has 0 aliphatic carbocycles. The van der Waals surface area contributed by atoms with Gasteiger partial charge in [-0.3, -0.25) is 58.0 Å². The van der Waals surface area contributed by atoms with Crippen molar-refractivity contribution < 1.29 is 72.0 Å². The second-order valence-electron chi connectivity index (χ2n) is 26.7. The van der Waals surface area contributed by atoms with Crippen LogP contribution < -0.4 is 32.5 Å². The van der Waals surface area contributed by atoms with Crippen LogP contribution >= 0.6 is 69.6 Å². The molecule has 2 fully saturated rings. The number of carboxylic acids is 1. The van der Waals surface area contributed by atoms with Crippen molar-refractivity contribution >= 4 is 163 Å². The van der Waals surface area contributed by atoms with E-state index in [1.165, 1.54) is 30.8 Å². The fraction of sp³-hybridized carbons (Fsp3) is 0.543. The highest BCUT2D eigenvalue weighted by molar-refractivity contribution is 6.68. The smallest absolute Gasteiger partial charge is 0.325 e. The molecular weight excluding hydrogens is 1430 g/mol. The van der Waals surface area contributed by atoms with Crippen LogP contribution in [0.15, 0.2) is 60.7 Å². The zero-order valence-corrected chi connectivity index (χ0v) is 64.2. The Hall–Kier alpha value is -6.94. The molecule has 556 valence electrons. The minimum Gasteiger partial charge on any atom is -0.481 e. The average Bonchev–Trinajstić information content (AvgIpc) is 0.808. The zero-order valence-electron chi connectivity index (χ0n) is 59.7. The number of hydrogen-bond donors (Lipinski definition) is 7. The van der Waals surface area contributed by atoms with E-state index in [1.807, 2.05) is 82.3 Å². The molecule has 0 spiro atoms. The third kappa shape index (κ3) is 27.6. The summed E-state index contributed by atoms with van der Waals surface area (Å²) in [6.07, 6.45) is 8.04.